The van der Waals surface area contributed by atoms with Crippen molar-refractivity contribution in [3.63, 3.8) is 0 Å². The van der Waals surface area contributed by atoms with Gasteiger partial charge in [0.1, 0.15) is 0 Å². The zero-order valence-electron chi connectivity index (χ0n) is 30.9. The smallest absolute Gasteiger partial charge is 0.0159 e. The van der Waals surface area contributed by atoms with Gasteiger partial charge in [-0.05, 0) is 144 Å². The van der Waals surface area contributed by atoms with Crippen LogP contribution >= 0.6 is 0 Å². The third-order valence-corrected chi connectivity index (χ3v) is 13.1. The van der Waals surface area contributed by atoms with Crippen LogP contribution in [-0.2, 0) is 5.41 Å². The van der Waals surface area contributed by atoms with Crippen LogP contribution in [0.25, 0.3) is 110 Å². The lowest BCUT2D eigenvalue weighted by atomic mass is 9.78. The van der Waals surface area contributed by atoms with E-state index >= 15 is 0 Å². The quantitative estimate of drug-likeness (QED) is 0.161. The summed E-state index contributed by atoms with van der Waals surface area (Å²) in [5.74, 6) is 0. The molecule has 0 spiro atoms. The van der Waals surface area contributed by atoms with Crippen LogP contribution in [0.2, 0.25) is 0 Å². The Kier molecular flexibility index (Phi) is 5.96. The summed E-state index contributed by atoms with van der Waals surface area (Å²) in [5, 5.41) is 10.3. The van der Waals surface area contributed by atoms with Crippen LogP contribution in [0.5, 0.6) is 0 Å². The van der Waals surface area contributed by atoms with E-state index in [1.54, 1.807) is 0 Å². The highest BCUT2D eigenvalue weighted by Crippen LogP contribution is 2.56. The van der Waals surface area contributed by atoms with Crippen molar-refractivity contribution in [2.45, 2.75) is 19.3 Å². The second-order valence-electron chi connectivity index (χ2n) is 16.0. The average molecular weight is 697 g/mol. The first-order valence-corrected chi connectivity index (χ1v) is 19.3. The number of hydrogen-bond acceptors (Lipinski definition) is 0. The van der Waals surface area contributed by atoms with E-state index in [0.29, 0.717) is 0 Å². The monoisotopic (exact) mass is 696 g/mol. The first kappa shape index (κ1) is 30.7. The lowest BCUT2D eigenvalue weighted by Crippen LogP contribution is -2.14. The highest BCUT2D eigenvalue weighted by molar-refractivity contribution is 6.29. The van der Waals surface area contributed by atoms with Gasteiger partial charge in [-0.3, -0.25) is 0 Å². The van der Waals surface area contributed by atoms with E-state index in [-0.39, 0.29) is 5.41 Å². The first-order valence-electron chi connectivity index (χ1n) is 19.3. The fourth-order valence-corrected chi connectivity index (χ4v) is 10.8. The molecule has 0 heteroatoms. The van der Waals surface area contributed by atoms with Crippen LogP contribution in [0, 0.1) is 0 Å². The number of benzene rings is 9. The highest BCUT2D eigenvalue weighted by atomic mass is 14.4. The first-order chi connectivity index (χ1) is 27.0. The minimum Gasteiger partial charge on any atom is -0.0984 e. The van der Waals surface area contributed by atoms with Crippen molar-refractivity contribution < 1.29 is 0 Å². The summed E-state index contributed by atoms with van der Waals surface area (Å²) in [6, 6.07) is 55.2. The molecule has 55 heavy (non-hydrogen) atoms. The second-order valence-corrected chi connectivity index (χ2v) is 16.0. The Balaban J connectivity index is 1.26. The summed E-state index contributed by atoms with van der Waals surface area (Å²) in [7, 11) is 0. The van der Waals surface area contributed by atoms with Crippen molar-refractivity contribution in [2.24, 2.45) is 0 Å². The topological polar surface area (TPSA) is 0 Å². The van der Waals surface area contributed by atoms with Crippen molar-refractivity contribution in [3.8, 4) is 55.6 Å². The predicted molar refractivity (Wildman–Crippen MR) is 237 cm³/mol. The molecule has 12 rings (SSSR count). The van der Waals surface area contributed by atoms with E-state index in [1.807, 2.05) is 12.2 Å². The molecule has 3 aliphatic carbocycles. The lowest BCUT2D eigenvalue weighted by molar-refractivity contribution is 0.661. The number of hydrogen-bond donors (Lipinski definition) is 0. The van der Waals surface area contributed by atoms with Crippen molar-refractivity contribution >= 4 is 54.2 Å². The van der Waals surface area contributed by atoms with E-state index in [9.17, 15) is 0 Å². The molecule has 0 nitrogen and oxygen atoms in total. The van der Waals surface area contributed by atoms with Gasteiger partial charge in [0.2, 0.25) is 0 Å². The van der Waals surface area contributed by atoms with E-state index in [1.165, 1.54) is 121 Å². The third-order valence-electron chi connectivity index (χ3n) is 13.1. The summed E-state index contributed by atoms with van der Waals surface area (Å²) in [6.07, 6.45) is 3.98. The average Bonchev–Trinajstić information content (AvgIpc) is 3.81. The van der Waals surface area contributed by atoms with Gasteiger partial charge in [-0.1, -0.05) is 173 Å². The molecule has 0 fully saturated rings. The maximum absolute atomic E-state index is 4.22. The molecule has 256 valence electrons. The molecule has 0 saturated heterocycles. The van der Waals surface area contributed by atoms with E-state index in [0.717, 1.165) is 11.1 Å². The van der Waals surface area contributed by atoms with Gasteiger partial charge in [0, 0.05) is 5.41 Å². The zero-order chi connectivity index (χ0) is 36.7. The molecule has 0 amide bonds. The number of rotatable bonds is 4. The molecule has 0 unspecified atom stereocenters. The molecule has 9 aromatic carbocycles. The van der Waals surface area contributed by atoms with Crippen LogP contribution in [-0.4, -0.2) is 0 Å². The van der Waals surface area contributed by atoms with Gasteiger partial charge in [-0.15, -0.1) is 0 Å². The molecule has 0 aliphatic heterocycles. The van der Waals surface area contributed by atoms with Gasteiger partial charge in [-0.25, -0.2) is 0 Å². The Morgan fingerprint density at radius 1 is 0.345 bits per heavy atom. The fraction of sp³-hybridized carbons (Fsp3) is 0.0545. The summed E-state index contributed by atoms with van der Waals surface area (Å²) >= 11 is 0. The minimum absolute atomic E-state index is 0.136. The van der Waals surface area contributed by atoms with Crippen molar-refractivity contribution in [2.75, 3.05) is 0 Å². The van der Waals surface area contributed by atoms with Crippen LogP contribution in [0.4, 0.5) is 0 Å². The predicted octanol–water partition coefficient (Wildman–Crippen LogP) is 15.2. The zero-order valence-corrected chi connectivity index (χ0v) is 30.9. The maximum atomic E-state index is 4.22. The van der Waals surface area contributed by atoms with Crippen molar-refractivity contribution in [1.82, 2.24) is 0 Å². The summed E-state index contributed by atoms with van der Waals surface area (Å²) in [5.41, 5.74) is 20.5. The molecule has 3 aliphatic rings. The standard InChI is InChI=1S/C55H36/c1-5-31-32(6-2)42-25-27-44(40-22-13-20-36(31)51(40)42)53-38-18-9-10-19-39(38)54(48-30-50-46(29-47(48)53)35-17-11-12-24-49(35)55(50,3)4)45-28-26-43-34-16-8-7-15-33(34)37-21-14-23-41(45)52(37)43/h5-30H,1-2H2,3-4H3. The minimum atomic E-state index is -0.136. The molecule has 0 saturated carbocycles. The SMILES string of the molecule is C=CC1=C(C=C)c2ccc(-c3c4ccccc4c(-c4ccc5c6c(cccc46)-c4ccccc4-5)c4cc5c(cc34)-c3ccccc3C5(C)C)c3cccc1c23. The molecule has 0 N–H and O–H groups in total. The van der Waals surface area contributed by atoms with Gasteiger partial charge in [-0.2, -0.15) is 0 Å². The Bertz CT molecular complexity index is 3250. The Labute approximate surface area is 321 Å². The van der Waals surface area contributed by atoms with Crippen LogP contribution in [0.15, 0.2) is 171 Å². The summed E-state index contributed by atoms with van der Waals surface area (Å²) < 4.78 is 0. The van der Waals surface area contributed by atoms with Gasteiger partial charge < -0.3 is 0 Å². The van der Waals surface area contributed by atoms with Crippen LogP contribution < -0.4 is 0 Å². The van der Waals surface area contributed by atoms with Crippen molar-refractivity contribution in [3.05, 3.63) is 193 Å². The number of fused-ring (bicyclic) bond motifs is 8. The molecule has 0 aromatic heterocycles. The number of allylic oxidation sites excluding steroid dienone is 4. The normalized spacial score (nSPS) is 14.2. The molecular weight excluding hydrogens is 661 g/mol. The Hall–Kier alpha value is -6.76. The Morgan fingerprint density at radius 2 is 0.782 bits per heavy atom. The van der Waals surface area contributed by atoms with Crippen LogP contribution in [0.1, 0.15) is 36.1 Å². The van der Waals surface area contributed by atoms with Crippen molar-refractivity contribution in [1.29, 1.82) is 0 Å². The molecular formula is C55H36. The maximum Gasteiger partial charge on any atom is 0.0159 e. The fourth-order valence-electron chi connectivity index (χ4n) is 10.8. The second kappa shape index (κ2) is 10.7. The van der Waals surface area contributed by atoms with E-state index in [2.05, 4.69) is 173 Å². The third kappa shape index (κ3) is 3.77. The van der Waals surface area contributed by atoms with Crippen LogP contribution in [0.3, 0.4) is 0 Å². The van der Waals surface area contributed by atoms with Gasteiger partial charge in [0.25, 0.3) is 0 Å². The van der Waals surface area contributed by atoms with Gasteiger partial charge >= 0.3 is 0 Å². The van der Waals surface area contributed by atoms with E-state index < -0.39 is 0 Å². The van der Waals surface area contributed by atoms with Gasteiger partial charge in [0.15, 0.2) is 0 Å². The molecule has 0 radical (unpaired) electrons. The molecule has 0 bridgehead atoms. The summed E-state index contributed by atoms with van der Waals surface area (Å²) in [4.78, 5) is 0. The molecule has 0 atom stereocenters. The summed E-state index contributed by atoms with van der Waals surface area (Å²) in [6.45, 7) is 13.2. The molecule has 9 aromatic rings. The Morgan fingerprint density at radius 3 is 1.42 bits per heavy atom. The van der Waals surface area contributed by atoms with E-state index in [4.69, 9.17) is 0 Å². The lowest BCUT2D eigenvalue weighted by Gasteiger charge is -2.24. The van der Waals surface area contributed by atoms with Gasteiger partial charge in [0.05, 0.1) is 0 Å². The highest BCUT2D eigenvalue weighted by Gasteiger charge is 2.37. The largest absolute Gasteiger partial charge is 0.0984 e. The molecule has 0 heterocycles.